The molecule has 0 aromatic heterocycles. The lowest BCUT2D eigenvalue weighted by molar-refractivity contribution is 0.433. The second kappa shape index (κ2) is 3.96. The van der Waals surface area contributed by atoms with E-state index in [1.165, 1.54) is 0 Å². The number of hydrogen-bond donors (Lipinski definition) is 1. The van der Waals surface area contributed by atoms with Crippen molar-refractivity contribution >= 4 is 11.8 Å². The molecule has 1 nitrogen and oxygen atoms in total. The van der Waals surface area contributed by atoms with Crippen molar-refractivity contribution in [3.63, 3.8) is 0 Å². The van der Waals surface area contributed by atoms with Gasteiger partial charge in [0.05, 0.1) is 5.37 Å². The van der Waals surface area contributed by atoms with Gasteiger partial charge in [0, 0.05) is 11.3 Å². The van der Waals surface area contributed by atoms with Crippen LogP contribution in [0.15, 0.2) is 12.1 Å². The zero-order valence-electron chi connectivity index (χ0n) is 8.98. The first-order chi connectivity index (χ1) is 7.39. The fraction of sp³-hybridized carbons (Fsp3) is 0.455. The highest BCUT2D eigenvalue weighted by Gasteiger charge is 2.32. The summed E-state index contributed by atoms with van der Waals surface area (Å²) in [5.74, 6) is -2.84. The molecular formula is C11H12F3NS. The van der Waals surface area contributed by atoms with E-state index in [2.05, 4.69) is 5.32 Å². The van der Waals surface area contributed by atoms with Gasteiger partial charge in [0.25, 0.3) is 0 Å². The monoisotopic (exact) mass is 247 g/mol. The minimum atomic E-state index is -1.41. The van der Waals surface area contributed by atoms with Gasteiger partial charge in [-0.15, -0.1) is 11.8 Å². The average molecular weight is 247 g/mol. The predicted molar refractivity (Wildman–Crippen MR) is 58.7 cm³/mol. The fourth-order valence-corrected chi connectivity index (χ4v) is 3.03. The Morgan fingerprint density at radius 3 is 2.25 bits per heavy atom. The molecule has 88 valence electrons. The maximum Gasteiger partial charge on any atom is 0.194 e. The fourth-order valence-electron chi connectivity index (χ4n) is 1.64. The molecule has 1 aromatic carbocycles. The summed E-state index contributed by atoms with van der Waals surface area (Å²) in [6.45, 7) is 4.02. The van der Waals surface area contributed by atoms with Crippen molar-refractivity contribution in [3.05, 3.63) is 35.1 Å². The Morgan fingerprint density at radius 1 is 1.25 bits per heavy atom. The van der Waals surface area contributed by atoms with Crippen LogP contribution < -0.4 is 5.32 Å². The molecule has 1 N–H and O–H groups in total. The van der Waals surface area contributed by atoms with E-state index in [9.17, 15) is 13.2 Å². The summed E-state index contributed by atoms with van der Waals surface area (Å²) in [4.78, 5) is 0. The minimum Gasteiger partial charge on any atom is -0.296 e. The van der Waals surface area contributed by atoms with Gasteiger partial charge in [-0.3, -0.25) is 5.32 Å². The Kier molecular flexibility index (Phi) is 2.92. The molecule has 1 saturated heterocycles. The van der Waals surface area contributed by atoms with E-state index in [0.717, 1.165) is 17.9 Å². The van der Waals surface area contributed by atoms with Crippen molar-refractivity contribution in [2.75, 3.05) is 5.75 Å². The standard InChI is InChI=1S/C11H12F3NS/c1-11(2)5-16-10(15-11)6-3-7(12)9(14)8(13)4-6/h3-4,10,15H,5H2,1-2H3. The van der Waals surface area contributed by atoms with E-state index < -0.39 is 17.5 Å². The lowest BCUT2D eigenvalue weighted by Crippen LogP contribution is -2.35. The van der Waals surface area contributed by atoms with E-state index in [0.29, 0.717) is 5.56 Å². The molecule has 5 heteroatoms. The van der Waals surface area contributed by atoms with Crippen molar-refractivity contribution in [3.8, 4) is 0 Å². The number of thioether (sulfide) groups is 1. The summed E-state index contributed by atoms with van der Waals surface area (Å²) in [6.07, 6.45) is 0. The number of benzene rings is 1. The Labute approximate surface area is 96.4 Å². The van der Waals surface area contributed by atoms with Crippen molar-refractivity contribution < 1.29 is 13.2 Å². The van der Waals surface area contributed by atoms with Crippen LogP contribution >= 0.6 is 11.8 Å². The molecule has 1 unspecified atom stereocenters. The van der Waals surface area contributed by atoms with Gasteiger partial charge < -0.3 is 0 Å². The molecule has 0 saturated carbocycles. The van der Waals surface area contributed by atoms with Gasteiger partial charge in [-0.1, -0.05) is 0 Å². The summed E-state index contributed by atoms with van der Waals surface area (Å²) in [5, 5.41) is 3.05. The van der Waals surface area contributed by atoms with Crippen LogP contribution in [0.2, 0.25) is 0 Å². The summed E-state index contributed by atoms with van der Waals surface area (Å²) >= 11 is 1.56. The van der Waals surface area contributed by atoms with Gasteiger partial charge in [-0.2, -0.15) is 0 Å². The first kappa shape index (κ1) is 11.8. The van der Waals surface area contributed by atoms with Crippen LogP contribution in [-0.4, -0.2) is 11.3 Å². The van der Waals surface area contributed by atoms with Crippen LogP contribution in [0.25, 0.3) is 0 Å². The Balaban J connectivity index is 2.29. The van der Waals surface area contributed by atoms with Gasteiger partial charge in [0.2, 0.25) is 0 Å². The second-order valence-electron chi connectivity index (χ2n) is 4.52. The highest BCUT2D eigenvalue weighted by Crippen LogP contribution is 2.37. The average Bonchev–Trinajstić information content (AvgIpc) is 2.54. The number of rotatable bonds is 1. The summed E-state index contributed by atoms with van der Waals surface area (Å²) in [6, 6.07) is 2.09. The van der Waals surface area contributed by atoms with Crippen molar-refractivity contribution in [1.82, 2.24) is 5.32 Å². The van der Waals surface area contributed by atoms with Crippen LogP contribution in [0.1, 0.15) is 24.8 Å². The smallest absolute Gasteiger partial charge is 0.194 e. The zero-order chi connectivity index (χ0) is 11.9. The summed E-state index contributed by atoms with van der Waals surface area (Å²) in [5.41, 5.74) is 0.364. The molecule has 16 heavy (non-hydrogen) atoms. The highest BCUT2D eigenvalue weighted by molar-refractivity contribution is 7.99. The normalized spacial score (nSPS) is 23.7. The third kappa shape index (κ3) is 2.20. The molecule has 0 bridgehead atoms. The third-order valence-electron chi connectivity index (χ3n) is 2.44. The van der Waals surface area contributed by atoms with Gasteiger partial charge in [-0.25, -0.2) is 13.2 Å². The molecule has 2 rings (SSSR count). The van der Waals surface area contributed by atoms with Crippen molar-refractivity contribution in [2.45, 2.75) is 24.8 Å². The second-order valence-corrected chi connectivity index (χ2v) is 5.61. The van der Waals surface area contributed by atoms with Gasteiger partial charge in [0.15, 0.2) is 17.5 Å². The molecule has 1 atom stereocenters. The van der Waals surface area contributed by atoms with Gasteiger partial charge >= 0.3 is 0 Å². The van der Waals surface area contributed by atoms with Gasteiger partial charge in [0.1, 0.15) is 0 Å². The molecule has 1 aromatic rings. The van der Waals surface area contributed by atoms with Crippen LogP contribution in [0.5, 0.6) is 0 Å². The molecule has 1 aliphatic heterocycles. The first-order valence-corrected chi connectivity index (χ1v) is 5.98. The first-order valence-electron chi connectivity index (χ1n) is 4.93. The van der Waals surface area contributed by atoms with E-state index in [1.54, 1.807) is 11.8 Å². The predicted octanol–water partition coefficient (Wildman–Crippen LogP) is 3.22. The molecule has 0 amide bonds. The topological polar surface area (TPSA) is 12.0 Å². The SMILES string of the molecule is CC1(C)CSC(c2cc(F)c(F)c(F)c2)N1. The van der Waals surface area contributed by atoms with Crippen molar-refractivity contribution in [1.29, 1.82) is 0 Å². The highest BCUT2D eigenvalue weighted by atomic mass is 32.2. The summed E-state index contributed by atoms with van der Waals surface area (Å²) in [7, 11) is 0. The minimum absolute atomic E-state index is 0.0727. The maximum atomic E-state index is 13.0. The number of hydrogen-bond acceptors (Lipinski definition) is 2. The number of halogens is 3. The van der Waals surface area contributed by atoms with E-state index in [-0.39, 0.29) is 10.9 Å². The van der Waals surface area contributed by atoms with Crippen LogP contribution in [-0.2, 0) is 0 Å². The molecule has 0 radical (unpaired) electrons. The Bertz CT molecular complexity index is 397. The molecule has 1 heterocycles. The third-order valence-corrected chi connectivity index (χ3v) is 4.05. The molecular weight excluding hydrogens is 235 g/mol. The van der Waals surface area contributed by atoms with Crippen LogP contribution in [0, 0.1) is 17.5 Å². The lowest BCUT2D eigenvalue weighted by Gasteiger charge is -2.19. The zero-order valence-corrected chi connectivity index (χ0v) is 9.80. The van der Waals surface area contributed by atoms with Crippen molar-refractivity contribution in [2.24, 2.45) is 0 Å². The lowest BCUT2D eigenvalue weighted by atomic mass is 10.1. The largest absolute Gasteiger partial charge is 0.296 e. The summed E-state index contributed by atoms with van der Waals surface area (Å²) < 4.78 is 38.8. The van der Waals surface area contributed by atoms with Crippen LogP contribution in [0.3, 0.4) is 0 Å². The Hall–Kier alpha value is -0.680. The van der Waals surface area contributed by atoms with Gasteiger partial charge in [-0.05, 0) is 31.5 Å². The molecule has 0 aliphatic carbocycles. The molecule has 1 fully saturated rings. The van der Waals surface area contributed by atoms with E-state index in [4.69, 9.17) is 0 Å². The number of nitrogens with one attached hydrogen (secondary N) is 1. The Morgan fingerprint density at radius 2 is 1.81 bits per heavy atom. The van der Waals surface area contributed by atoms with E-state index in [1.807, 2.05) is 13.8 Å². The van der Waals surface area contributed by atoms with Crippen LogP contribution in [0.4, 0.5) is 13.2 Å². The maximum absolute atomic E-state index is 13.0. The molecule has 1 aliphatic rings. The van der Waals surface area contributed by atoms with E-state index >= 15 is 0 Å². The molecule has 0 spiro atoms. The quantitative estimate of drug-likeness (QED) is 0.765.